The molecule has 0 aromatic carbocycles. The van der Waals surface area contributed by atoms with E-state index in [-0.39, 0.29) is 23.4 Å². The SMILES string of the molecule is C=CC(=O)N(CC(C)CN(C)C)C(N)C(C=NC)NC(=O)c1coc(C2=CC(C(C)=CCC(F)(F)F)=C=C(C)C=C2)n1. The van der Waals surface area contributed by atoms with Gasteiger partial charge < -0.3 is 25.3 Å². The number of allylic oxidation sites excluding steroid dienone is 7. The first-order valence-corrected chi connectivity index (χ1v) is 13.3. The van der Waals surface area contributed by atoms with Crippen molar-refractivity contribution < 1.29 is 27.2 Å². The molecule has 0 saturated heterocycles. The van der Waals surface area contributed by atoms with Crippen LogP contribution in [0.5, 0.6) is 0 Å². The summed E-state index contributed by atoms with van der Waals surface area (Å²) in [4.78, 5) is 37.6. The number of aromatic nitrogens is 1. The van der Waals surface area contributed by atoms with Gasteiger partial charge in [-0.1, -0.05) is 25.7 Å². The predicted octanol–water partition coefficient (Wildman–Crippen LogP) is 4.29. The van der Waals surface area contributed by atoms with Gasteiger partial charge in [0.15, 0.2) is 5.69 Å². The van der Waals surface area contributed by atoms with E-state index in [1.165, 1.54) is 24.2 Å². The summed E-state index contributed by atoms with van der Waals surface area (Å²) in [6, 6.07) is -0.863. The zero-order valence-corrected chi connectivity index (χ0v) is 24.8. The van der Waals surface area contributed by atoms with E-state index >= 15 is 0 Å². The van der Waals surface area contributed by atoms with Crippen molar-refractivity contribution in [2.45, 2.75) is 45.6 Å². The van der Waals surface area contributed by atoms with Gasteiger partial charge in [-0.05, 0) is 63.2 Å². The molecule has 3 atom stereocenters. The normalized spacial score (nSPS) is 16.4. The molecule has 2 amide bonds. The number of carbonyl (C=O) groups is 2. The maximum absolute atomic E-state index is 13.2. The Morgan fingerprint density at radius 1 is 1.29 bits per heavy atom. The van der Waals surface area contributed by atoms with Crippen molar-refractivity contribution in [2.75, 3.05) is 34.2 Å². The van der Waals surface area contributed by atoms with Crippen molar-refractivity contribution in [3.8, 4) is 0 Å². The van der Waals surface area contributed by atoms with Gasteiger partial charge in [-0.25, -0.2) is 4.98 Å². The second kappa shape index (κ2) is 15.3. The highest BCUT2D eigenvalue weighted by atomic mass is 19.4. The van der Waals surface area contributed by atoms with Crippen molar-refractivity contribution in [3.63, 3.8) is 0 Å². The van der Waals surface area contributed by atoms with Crippen LogP contribution in [0.4, 0.5) is 13.2 Å². The van der Waals surface area contributed by atoms with Crippen LogP contribution in [-0.4, -0.2) is 85.4 Å². The monoisotopic (exact) mass is 588 g/mol. The molecule has 0 fully saturated rings. The fourth-order valence-corrected chi connectivity index (χ4v) is 4.23. The van der Waals surface area contributed by atoms with Crippen LogP contribution in [0.25, 0.3) is 5.57 Å². The number of hydrogen-bond donors (Lipinski definition) is 2. The molecule has 9 nitrogen and oxygen atoms in total. The highest BCUT2D eigenvalue weighted by Crippen LogP contribution is 2.27. The van der Waals surface area contributed by atoms with E-state index < -0.39 is 30.7 Å². The van der Waals surface area contributed by atoms with Crippen molar-refractivity contribution in [2.24, 2.45) is 16.6 Å². The third kappa shape index (κ3) is 10.4. The van der Waals surface area contributed by atoms with Gasteiger partial charge in [0.1, 0.15) is 12.4 Å². The number of hydrogen-bond acceptors (Lipinski definition) is 7. The van der Waals surface area contributed by atoms with E-state index in [1.54, 1.807) is 32.1 Å². The molecule has 0 spiro atoms. The van der Waals surface area contributed by atoms with E-state index in [0.29, 0.717) is 35.4 Å². The number of rotatable bonds is 13. The average molecular weight is 589 g/mol. The summed E-state index contributed by atoms with van der Waals surface area (Å²) in [5, 5.41) is 2.75. The van der Waals surface area contributed by atoms with Crippen LogP contribution in [-0.2, 0) is 4.79 Å². The minimum absolute atomic E-state index is 0.0626. The lowest BCUT2D eigenvalue weighted by Gasteiger charge is -2.34. The zero-order valence-electron chi connectivity index (χ0n) is 24.8. The van der Waals surface area contributed by atoms with Gasteiger partial charge >= 0.3 is 6.18 Å². The molecular formula is C30H39F3N6O3. The molecule has 42 heavy (non-hydrogen) atoms. The number of nitrogens with two attached hydrogens (primary N) is 1. The average Bonchev–Trinajstić information content (AvgIpc) is 3.32. The van der Waals surface area contributed by atoms with Crippen molar-refractivity contribution in [1.29, 1.82) is 0 Å². The molecule has 1 aliphatic rings. The number of alkyl halides is 3. The fourth-order valence-electron chi connectivity index (χ4n) is 4.23. The van der Waals surface area contributed by atoms with Crippen LogP contribution in [0, 0.1) is 5.92 Å². The van der Waals surface area contributed by atoms with Crippen LogP contribution in [0.2, 0.25) is 0 Å². The Kier molecular flexibility index (Phi) is 12.5. The van der Waals surface area contributed by atoms with Gasteiger partial charge in [0.25, 0.3) is 5.91 Å². The van der Waals surface area contributed by atoms with Crippen LogP contribution in [0.1, 0.15) is 43.6 Å². The largest absolute Gasteiger partial charge is 0.444 e. The molecule has 228 valence electrons. The molecule has 12 heteroatoms. The molecular weight excluding hydrogens is 549 g/mol. The Bertz CT molecular complexity index is 1330. The van der Waals surface area contributed by atoms with Crippen LogP contribution >= 0.6 is 0 Å². The minimum Gasteiger partial charge on any atom is -0.444 e. The Hall–Kier alpha value is -3.99. The van der Waals surface area contributed by atoms with Gasteiger partial charge in [0, 0.05) is 37.5 Å². The lowest BCUT2D eigenvalue weighted by atomic mass is 10.0. The first-order valence-electron chi connectivity index (χ1n) is 13.3. The molecule has 1 aliphatic carbocycles. The van der Waals surface area contributed by atoms with Crippen LogP contribution < -0.4 is 11.1 Å². The third-order valence-electron chi connectivity index (χ3n) is 6.17. The smallest absolute Gasteiger partial charge is 0.392 e. The lowest BCUT2D eigenvalue weighted by Crippen LogP contribution is -2.59. The number of aliphatic imine (C=N–C) groups is 1. The van der Waals surface area contributed by atoms with E-state index in [0.717, 1.165) is 12.3 Å². The van der Waals surface area contributed by atoms with Gasteiger partial charge in [-0.3, -0.25) is 14.6 Å². The maximum Gasteiger partial charge on any atom is 0.392 e. The summed E-state index contributed by atoms with van der Waals surface area (Å²) >= 11 is 0. The van der Waals surface area contributed by atoms with Crippen molar-refractivity contribution in [3.05, 3.63) is 77.3 Å². The first kappa shape index (κ1) is 34.2. The van der Waals surface area contributed by atoms with Gasteiger partial charge in [0.2, 0.25) is 11.8 Å². The molecule has 0 bridgehead atoms. The molecule has 3 N–H and O–H groups in total. The van der Waals surface area contributed by atoms with Crippen molar-refractivity contribution >= 4 is 23.6 Å². The summed E-state index contributed by atoms with van der Waals surface area (Å²) in [6.07, 6.45) is 3.48. The van der Waals surface area contributed by atoms with Gasteiger partial charge in [-0.15, -0.1) is 5.73 Å². The van der Waals surface area contributed by atoms with Crippen LogP contribution in [0.15, 0.2) is 75.1 Å². The second-order valence-electron chi connectivity index (χ2n) is 10.4. The summed E-state index contributed by atoms with van der Waals surface area (Å²) in [5.74, 6) is -0.852. The Morgan fingerprint density at radius 3 is 2.57 bits per heavy atom. The van der Waals surface area contributed by atoms with E-state index in [9.17, 15) is 22.8 Å². The summed E-state index contributed by atoms with van der Waals surface area (Å²) in [7, 11) is 5.37. The molecule has 0 radical (unpaired) electrons. The maximum atomic E-state index is 13.2. The molecule has 1 aromatic rings. The zero-order chi connectivity index (χ0) is 31.6. The topological polar surface area (TPSA) is 117 Å². The quantitative estimate of drug-likeness (QED) is 0.154. The standard InChI is InChI=1S/C30H39F3N6O3/c1-8-26(40)39(17-20(3)16-38(6)7)27(34)24(15-35-5)36-28(41)25-18-42-29(37-25)22-10-9-19(2)13-23(14-22)21(4)11-12-30(31,32)33/h8-11,14-15,18,20,24,27H,1,12,16-17,34H2,2-7H3,(H,36,41). The molecule has 1 aromatic heterocycles. The number of oxazole rings is 1. The summed E-state index contributed by atoms with van der Waals surface area (Å²) in [5.41, 5.74) is 11.4. The highest BCUT2D eigenvalue weighted by molar-refractivity contribution is 5.95. The number of nitrogens with one attached hydrogen (secondary N) is 1. The Morgan fingerprint density at radius 2 is 1.98 bits per heavy atom. The van der Waals surface area contributed by atoms with E-state index in [2.05, 4.69) is 27.6 Å². The van der Waals surface area contributed by atoms with Gasteiger partial charge in [-0.2, -0.15) is 13.2 Å². The predicted molar refractivity (Wildman–Crippen MR) is 158 cm³/mol. The molecule has 2 rings (SSSR count). The number of carbonyl (C=O) groups excluding carboxylic acids is 2. The Labute approximate surface area is 244 Å². The first-order chi connectivity index (χ1) is 19.6. The lowest BCUT2D eigenvalue weighted by molar-refractivity contribution is -0.129. The molecule has 1 heterocycles. The Balaban J connectivity index is 2.29. The molecule has 0 aliphatic heterocycles. The van der Waals surface area contributed by atoms with Gasteiger partial charge in [0.05, 0.1) is 12.5 Å². The number of amides is 2. The number of nitrogens with zero attached hydrogens (tertiary/aromatic N) is 4. The number of halogens is 3. The van der Waals surface area contributed by atoms with Crippen molar-refractivity contribution in [1.82, 2.24) is 20.1 Å². The molecule has 0 saturated carbocycles. The fraction of sp³-hybridized carbons (Fsp3) is 0.433. The van der Waals surface area contributed by atoms with E-state index in [1.807, 2.05) is 25.9 Å². The molecule has 3 unspecified atom stereocenters. The third-order valence-corrected chi connectivity index (χ3v) is 6.17. The minimum atomic E-state index is -4.33. The second-order valence-corrected chi connectivity index (χ2v) is 10.4. The van der Waals surface area contributed by atoms with E-state index in [4.69, 9.17) is 10.2 Å². The highest BCUT2D eigenvalue weighted by Gasteiger charge is 2.29. The van der Waals surface area contributed by atoms with Crippen LogP contribution in [0.3, 0.4) is 0 Å². The summed E-state index contributed by atoms with van der Waals surface area (Å²) < 4.78 is 43.8. The summed E-state index contributed by atoms with van der Waals surface area (Å²) in [6.45, 7) is 9.91.